The van der Waals surface area contributed by atoms with Crippen molar-refractivity contribution in [3.8, 4) is 0 Å². The fourth-order valence-electron chi connectivity index (χ4n) is 2.81. The molecule has 3 aromatic rings. The SMILES string of the molecule is C[C@@H](O)CNc1nc2ccccc2n1CC(=O)NCCc1ccc(Cl)cc1. The lowest BCUT2D eigenvalue weighted by Gasteiger charge is -2.12. The van der Waals surface area contributed by atoms with Crippen molar-refractivity contribution in [2.45, 2.75) is 26.0 Å². The largest absolute Gasteiger partial charge is 0.392 e. The second-order valence-electron chi connectivity index (χ2n) is 6.47. The fourth-order valence-corrected chi connectivity index (χ4v) is 2.93. The molecular weight excluding hydrogens is 364 g/mol. The number of aliphatic hydroxyl groups is 1. The van der Waals surface area contributed by atoms with Crippen LogP contribution in [0.2, 0.25) is 5.02 Å². The molecule has 142 valence electrons. The number of nitrogens with zero attached hydrogens (tertiary/aromatic N) is 2. The number of nitrogens with one attached hydrogen (secondary N) is 2. The summed E-state index contributed by atoms with van der Waals surface area (Å²) < 4.78 is 1.83. The summed E-state index contributed by atoms with van der Waals surface area (Å²) in [4.78, 5) is 17.0. The molecule has 0 aliphatic heterocycles. The van der Waals surface area contributed by atoms with Crippen LogP contribution in [0.3, 0.4) is 0 Å². The van der Waals surface area contributed by atoms with E-state index in [0.717, 1.165) is 23.0 Å². The first-order valence-corrected chi connectivity index (χ1v) is 9.29. The van der Waals surface area contributed by atoms with Gasteiger partial charge in [-0.1, -0.05) is 35.9 Å². The highest BCUT2D eigenvalue weighted by molar-refractivity contribution is 6.30. The van der Waals surface area contributed by atoms with Gasteiger partial charge in [-0.3, -0.25) is 4.79 Å². The predicted octanol–water partition coefficient (Wildman–Crippen LogP) is 2.84. The van der Waals surface area contributed by atoms with E-state index in [9.17, 15) is 9.90 Å². The zero-order valence-electron chi connectivity index (χ0n) is 15.2. The maximum atomic E-state index is 12.4. The molecule has 3 rings (SSSR count). The van der Waals surface area contributed by atoms with Gasteiger partial charge in [0, 0.05) is 18.1 Å². The summed E-state index contributed by atoms with van der Waals surface area (Å²) in [6.45, 7) is 2.76. The summed E-state index contributed by atoms with van der Waals surface area (Å²) in [5.41, 5.74) is 2.80. The monoisotopic (exact) mass is 386 g/mol. The van der Waals surface area contributed by atoms with Crippen molar-refractivity contribution in [3.05, 3.63) is 59.1 Å². The van der Waals surface area contributed by atoms with Gasteiger partial charge in [-0.2, -0.15) is 0 Å². The lowest BCUT2D eigenvalue weighted by Crippen LogP contribution is -2.30. The van der Waals surface area contributed by atoms with Crippen LogP contribution in [0.5, 0.6) is 0 Å². The topological polar surface area (TPSA) is 79.2 Å². The fraction of sp³-hybridized carbons (Fsp3) is 0.300. The number of fused-ring (bicyclic) bond motifs is 1. The van der Waals surface area contributed by atoms with Crippen molar-refractivity contribution in [3.63, 3.8) is 0 Å². The van der Waals surface area contributed by atoms with Crippen LogP contribution in [-0.4, -0.2) is 39.8 Å². The molecule has 7 heteroatoms. The van der Waals surface area contributed by atoms with E-state index in [1.165, 1.54) is 0 Å². The standard InChI is InChI=1S/C20H23ClN4O2/c1-14(26)12-23-20-24-17-4-2-3-5-18(17)25(20)13-19(27)22-11-10-15-6-8-16(21)9-7-15/h2-9,14,26H,10-13H2,1H3,(H,22,27)(H,23,24)/t14-/m1/s1. The Kier molecular flexibility index (Phi) is 6.32. The van der Waals surface area contributed by atoms with Gasteiger partial charge in [0.25, 0.3) is 0 Å². The third-order valence-corrected chi connectivity index (χ3v) is 4.41. The molecule has 27 heavy (non-hydrogen) atoms. The number of imidazole rings is 1. The van der Waals surface area contributed by atoms with Crippen molar-refractivity contribution in [1.82, 2.24) is 14.9 Å². The van der Waals surface area contributed by atoms with Crippen LogP contribution in [-0.2, 0) is 17.8 Å². The number of para-hydroxylation sites is 2. The second kappa shape index (κ2) is 8.88. The summed E-state index contributed by atoms with van der Waals surface area (Å²) in [5, 5.41) is 16.3. The van der Waals surface area contributed by atoms with E-state index in [1.54, 1.807) is 6.92 Å². The van der Waals surface area contributed by atoms with E-state index >= 15 is 0 Å². The minimum absolute atomic E-state index is 0.0905. The van der Waals surface area contributed by atoms with Crippen LogP contribution in [0.4, 0.5) is 5.95 Å². The molecule has 1 aromatic heterocycles. The highest BCUT2D eigenvalue weighted by Gasteiger charge is 2.13. The highest BCUT2D eigenvalue weighted by atomic mass is 35.5. The molecule has 1 amide bonds. The average molecular weight is 387 g/mol. The van der Waals surface area contributed by atoms with E-state index in [-0.39, 0.29) is 12.5 Å². The third kappa shape index (κ3) is 5.21. The third-order valence-electron chi connectivity index (χ3n) is 4.16. The number of halogens is 1. The molecule has 1 heterocycles. The summed E-state index contributed by atoms with van der Waals surface area (Å²) in [7, 11) is 0. The van der Waals surface area contributed by atoms with Gasteiger partial charge in [0.15, 0.2) is 0 Å². The molecule has 0 spiro atoms. The average Bonchev–Trinajstić information content (AvgIpc) is 2.99. The summed E-state index contributed by atoms with van der Waals surface area (Å²) >= 11 is 5.88. The molecule has 1 atom stereocenters. The number of amides is 1. The number of anilines is 1. The molecular formula is C20H23ClN4O2. The van der Waals surface area contributed by atoms with Gasteiger partial charge in [0.05, 0.1) is 17.1 Å². The molecule has 0 fully saturated rings. The number of carbonyl (C=O) groups is 1. The van der Waals surface area contributed by atoms with Gasteiger partial charge in [-0.15, -0.1) is 0 Å². The molecule has 0 unspecified atom stereocenters. The van der Waals surface area contributed by atoms with Gasteiger partial charge in [0.2, 0.25) is 11.9 Å². The Morgan fingerprint density at radius 1 is 1.22 bits per heavy atom. The van der Waals surface area contributed by atoms with E-state index in [1.807, 2.05) is 53.1 Å². The van der Waals surface area contributed by atoms with Gasteiger partial charge < -0.3 is 20.3 Å². The number of benzene rings is 2. The zero-order chi connectivity index (χ0) is 19.2. The van der Waals surface area contributed by atoms with Crippen LogP contribution in [0, 0.1) is 0 Å². The molecule has 2 aromatic carbocycles. The molecule has 0 radical (unpaired) electrons. The van der Waals surface area contributed by atoms with Crippen molar-refractivity contribution < 1.29 is 9.90 Å². The number of carbonyl (C=O) groups excluding carboxylic acids is 1. The van der Waals surface area contributed by atoms with Gasteiger partial charge in [0.1, 0.15) is 6.54 Å². The summed E-state index contributed by atoms with van der Waals surface area (Å²) in [5.74, 6) is 0.483. The highest BCUT2D eigenvalue weighted by Crippen LogP contribution is 2.19. The predicted molar refractivity (Wildman–Crippen MR) is 108 cm³/mol. The number of aliphatic hydroxyl groups excluding tert-OH is 1. The quantitative estimate of drug-likeness (QED) is 0.556. The zero-order valence-corrected chi connectivity index (χ0v) is 15.9. The molecule has 0 bridgehead atoms. The van der Waals surface area contributed by atoms with Crippen LogP contribution >= 0.6 is 11.6 Å². The van der Waals surface area contributed by atoms with Crippen LogP contribution in [0.1, 0.15) is 12.5 Å². The molecule has 0 saturated heterocycles. The maximum Gasteiger partial charge on any atom is 0.240 e. The first-order valence-electron chi connectivity index (χ1n) is 8.91. The number of hydrogen-bond acceptors (Lipinski definition) is 4. The van der Waals surface area contributed by atoms with Crippen LogP contribution < -0.4 is 10.6 Å². The van der Waals surface area contributed by atoms with Crippen molar-refractivity contribution in [2.24, 2.45) is 0 Å². The smallest absolute Gasteiger partial charge is 0.240 e. The van der Waals surface area contributed by atoms with E-state index in [0.29, 0.717) is 24.1 Å². The first kappa shape index (κ1) is 19.2. The Hall–Kier alpha value is -2.57. The van der Waals surface area contributed by atoms with E-state index < -0.39 is 6.10 Å². The lowest BCUT2D eigenvalue weighted by molar-refractivity contribution is -0.121. The summed E-state index contributed by atoms with van der Waals surface area (Å²) in [6.07, 6.45) is 0.229. The lowest BCUT2D eigenvalue weighted by atomic mass is 10.1. The number of rotatable bonds is 8. The van der Waals surface area contributed by atoms with Gasteiger partial charge in [-0.05, 0) is 43.2 Å². The van der Waals surface area contributed by atoms with Crippen molar-refractivity contribution in [1.29, 1.82) is 0 Å². The Morgan fingerprint density at radius 2 is 1.96 bits per heavy atom. The van der Waals surface area contributed by atoms with Gasteiger partial charge in [-0.25, -0.2) is 4.98 Å². The van der Waals surface area contributed by atoms with E-state index in [4.69, 9.17) is 11.6 Å². The normalized spacial score (nSPS) is 12.1. The molecule has 3 N–H and O–H groups in total. The minimum atomic E-state index is -0.508. The molecule has 0 saturated carbocycles. The Morgan fingerprint density at radius 3 is 2.70 bits per heavy atom. The van der Waals surface area contributed by atoms with Crippen LogP contribution in [0.15, 0.2) is 48.5 Å². The molecule has 0 aliphatic carbocycles. The minimum Gasteiger partial charge on any atom is -0.392 e. The van der Waals surface area contributed by atoms with Crippen molar-refractivity contribution in [2.75, 3.05) is 18.4 Å². The first-order chi connectivity index (χ1) is 13.0. The second-order valence-corrected chi connectivity index (χ2v) is 6.90. The molecule has 0 aliphatic rings. The Bertz CT molecular complexity index is 906. The summed E-state index contributed by atoms with van der Waals surface area (Å²) in [6, 6.07) is 15.2. The van der Waals surface area contributed by atoms with E-state index in [2.05, 4.69) is 15.6 Å². The molecule has 6 nitrogen and oxygen atoms in total. The Labute approximate surface area is 163 Å². The van der Waals surface area contributed by atoms with Crippen LogP contribution in [0.25, 0.3) is 11.0 Å². The van der Waals surface area contributed by atoms with Gasteiger partial charge >= 0.3 is 0 Å². The maximum absolute atomic E-state index is 12.4. The number of aromatic nitrogens is 2. The Balaban J connectivity index is 1.64. The number of hydrogen-bond donors (Lipinski definition) is 3. The van der Waals surface area contributed by atoms with Crippen molar-refractivity contribution >= 4 is 34.5 Å².